The number of carbonyl (C=O) groups excluding carboxylic acids is 2. The number of piperazine rings is 1. The van der Waals surface area contributed by atoms with Gasteiger partial charge in [-0.3, -0.25) is 19.4 Å². The summed E-state index contributed by atoms with van der Waals surface area (Å²) in [5.74, 6) is -0.383. The molecule has 9 heteroatoms. The van der Waals surface area contributed by atoms with E-state index < -0.39 is 10.0 Å². The fraction of sp³-hybridized carbons (Fsp3) is 0.417. The Morgan fingerprint density at radius 2 is 1.67 bits per heavy atom. The lowest BCUT2D eigenvalue weighted by molar-refractivity contribution is -0.122. The van der Waals surface area contributed by atoms with Gasteiger partial charge < -0.3 is 5.32 Å². The second kappa shape index (κ2) is 8.89. The molecule has 0 bridgehead atoms. The van der Waals surface area contributed by atoms with Crippen LogP contribution >= 0.6 is 0 Å². The molecule has 2 aromatic rings. The molecule has 1 saturated heterocycles. The Balaban J connectivity index is 1.23. The molecule has 2 aliphatic heterocycles. The third kappa shape index (κ3) is 4.40. The van der Waals surface area contributed by atoms with Crippen molar-refractivity contribution in [2.75, 3.05) is 49.5 Å². The highest BCUT2D eigenvalue weighted by Crippen LogP contribution is 2.29. The lowest BCUT2D eigenvalue weighted by atomic mass is 9.92. The van der Waals surface area contributed by atoms with Crippen LogP contribution in [-0.2, 0) is 32.5 Å². The molecule has 0 atom stereocenters. The number of nitrogens with zero attached hydrogens (tertiary/aromatic N) is 3. The topological polar surface area (TPSA) is 90.0 Å². The summed E-state index contributed by atoms with van der Waals surface area (Å²) < 4.78 is 27.9. The molecule has 0 aromatic heterocycles. The number of hydrogen-bond acceptors (Lipinski definition) is 5. The van der Waals surface area contributed by atoms with E-state index in [1.807, 2.05) is 35.2 Å². The fourth-order valence-corrected chi connectivity index (χ4v) is 6.35. The largest absolute Gasteiger partial charge is 0.323 e. The van der Waals surface area contributed by atoms with Crippen LogP contribution in [0.25, 0.3) is 0 Å². The third-order valence-corrected chi connectivity index (χ3v) is 8.61. The number of carbonyl (C=O) groups is 2. The summed E-state index contributed by atoms with van der Waals surface area (Å²) in [6.07, 6.45) is 4.22. The Hall–Kier alpha value is -2.75. The number of sulfonamides is 1. The Morgan fingerprint density at radius 3 is 2.45 bits per heavy atom. The molecule has 5 rings (SSSR count). The number of nitrogens with one attached hydrogen (secondary N) is 1. The van der Waals surface area contributed by atoms with Crippen LogP contribution in [0.4, 0.5) is 11.4 Å². The summed E-state index contributed by atoms with van der Waals surface area (Å²) in [5, 5.41) is 2.79. The van der Waals surface area contributed by atoms with E-state index in [0.29, 0.717) is 42.4 Å². The third-order valence-electron chi connectivity index (χ3n) is 6.72. The highest BCUT2D eigenvalue weighted by molar-refractivity contribution is 7.89. The number of aryl methyl sites for hydroxylation is 2. The van der Waals surface area contributed by atoms with Gasteiger partial charge in [-0.1, -0.05) is 18.2 Å². The highest BCUT2D eigenvalue weighted by Gasteiger charge is 2.32. The van der Waals surface area contributed by atoms with Crippen LogP contribution in [0.5, 0.6) is 0 Å². The molecule has 1 aliphatic carbocycles. The van der Waals surface area contributed by atoms with Gasteiger partial charge in [-0.2, -0.15) is 4.31 Å². The van der Waals surface area contributed by atoms with Gasteiger partial charge >= 0.3 is 0 Å². The first-order valence-electron chi connectivity index (χ1n) is 11.5. The molecule has 2 aromatic carbocycles. The molecule has 1 N–H and O–H groups in total. The molecule has 2 heterocycles. The summed E-state index contributed by atoms with van der Waals surface area (Å²) in [6, 6.07) is 12.8. The molecule has 1 fully saturated rings. The average Bonchev–Trinajstić information content (AvgIpc) is 2.83. The van der Waals surface area contributed by atoms with Gasteiger partial charge in [0.25, 0.3) is 0 Å². The second-order valence-electron chi connectivity index (χ2n) is 8.86. The van der Waals surface area contributed by atoms with Crippen molar-refractivity contribution in [2.24, 2.45) is 0 Å². The van der Waals surface area contributed by atoms with Crippen molar-refractivity contribution in [1.29, 1.82) is 0 Å². The van der Waals surface area contributed by atoms with Crippen LogP contribution in [-0.4, -0.2) is 68.7 Å². The van der Waals surface area contributed by atoms with Crippen molar-refractivity contribution >= 4 is 33.2 Å². The number of fused-ring (bicyclic) bond motifs is 2. The van der Waals surface area contributed by atoms with Crippen LogP contribution in [0, 0.1) is 0 Å². The smallest absolute Gasteiger partial charge is 0.244 e. The number of para-hydroxylation sites is 2. The summed E-state index contributed by atoms with van der Waals surface area (Å²) >= 11 is 0. The van der Waals surface area contributed by atoms with Gasteiger partial charge in [-0.05, 0) is 61.1 Å². The molecule has 0 unspecified atom stereocenters. The van der Waals surface area contributed by atoms with Gasteiger partial charge in [0.1, 0.15) is 6.54 Å². The SMILES string of the molecule is O=C1CN(C(=O)CN2CCN(S(=O)(=O)c3ccc4c(c3)CCCC4)CC2)c2ccccc2N1. The minimum Gasteiger partial charge on any atom is -0.323 e. The number of rotatable bonds is 4. The van der Waals surface area contributed by atoms with E-state index in [0.717, 1.165) is 31.2 Å². The maximum Gasteiger partial charge on any atom is 0.244 e. The van der Waals surface area contributed by atoms with Crippen LogP contribution < -0.4 is 10.2 Å². The van der Waals surface area contributed by atoms with Gasteiger partial charge in [-0.15, -0.1) is 0 Å². The van der Waals surface area contributed by atoms with Gasteiger partial charge in [0, 0.05) is 26.2 Å². The Morgan fingerprint density at radius 1 is 0.939 bits per heavy atom. The van der Waals surface area contributed by atoms with Crippen LogP contribution in [0.2, 0.25) is 0 Å². The highest BCUT2D eigenvalue weighted by atomic mass is 32.2. The molecule has 33 heavy (non-hydrogen) atoms. The zero-order valence-corrected chi connectivity index (χ0v) is 19.3. The predicted octanol–water partition coefficient (Wildman–Crippen LogP) is 1.86. The normalized spacial score (nSPS) is 19.5. The van der Waals surface area contributed by atoms with E-state index in [9.17, 15) is 18.0 Å². The van der Waals surface area contributed by atoms with Crippen LogP contribution in [0.15, 0.2) is 47.4 Å². The van der Waals surface area contributed by atoms with E-state index in [4.69, 9.17) is 0 Å². The van der Waals surface area contributed by atoms with Crippen molar-refractivity contribution < 1.29 is 18.0 Å². The molecule has 0 spiro atoms. The van der Waals surface area contributed by atoms with Gasteiger partial charge in [-0.25, -0.2) is 8.42 Å². The van der Waals surface area contributed by atoms with Gasteiger partial charge in [0.2, 0.25) is 21.8 Å². The van der Waals surface area contributed by atoms with Crippen molar-refractivity contribution in [3.05, 3.63) is 53.6 Å². The van der Waals surface area contributed by atoms with E-state index >= 15 is 0 Å². The Labute approximate surface area is 194 Å². The summed E-state index contributed by atoms with van der Waals surface area (Å²) in [7, 11) is -3.56. The van der Waals surface area contributed by atoms with Gasteiger partial charge in [0.15, 0.2) is 0 Å². The molecule has 0 saturated carbocycles. The lowest BCUT2D eigenvalue weighted by Gasteiger charge is -2.35. The van der Waals surface area contributed by atoms with Crippen LogP contribution in [0.1, 0.15) is 24.0 Å². The van der Waals surface area contributed by atoms with Gasteiger partial charge in [0.05, 0.1) is 22.8 Å². The number of amides is 2. The summed E-state index contributed by atoms with van der Waals surface area (Å²) in [4.78, 5) is 28.8. The zero-order chi connectivity index (χ0) is 23.0. The van der Waals surface area contributed by atoms with Crippen molar-refractivity contribution in [3.63, 3.8) is 0 Å². The minimum atomic E-state index is -3.56. The monoisotopic (exact) mass is 468 g/mol. The molecule has 2 amide bonds. The van der Waals surface area contributed by atoms with Crippen molar-refractivity contribution in [2.45, 2.75) is 30.6 Å². The van der Waals surface area contributed by atoms with E-state index in [-0.39, 0.29) is 24.9 Å². The van der Waals surface area contributed by atoms with E-state index in [1.165, 1.54) is 14.8 Å². The fourth-order valence-electron chi connectivity index (χ4n) is 4.88. The first-order valence-corrected chi connectivity index (χ1v) is 12.9. The number of hydrogen-bond donors (Lipinski definition) is 1. The molecule has 8 nitrogen and oxygen atoms in total. The minimum absolute atomic E-state index is 0.0114. The van der Waals surface area contributed by atoms with Crippen molar-refractivity contribution in [3.8, 4) is 0 Å². The molecular weight excluding hydrogens is 440 g/mol. The molecule has 174 valence electrons. The van der Waals surface area contributed by atoms with Crippen LogP contribution in [0.3, 0.4) is 0 Å². The maximum atomic E-state index is 13.2. The Bertz CT molecular complexity index is 1190. The molecule has 0 radical (unpaired) electrons. The number of anilines is 2. The first-order chi connectivity index (χ1) is 15.9. The summed E-state index contributed by atoms with van der Waals surface area (Å²) in [6.45, 7) is 1.75. The Kier molecular flexibility index (Phi) is 5.94. The second-order valence-corrected chi connectivity index (χ2v) is 10.8. The standard InChI is InChI=1S/C24H28N4O4S/c29-23-16-28(22-8-4-3-7-21(22)25-23)24(30)17-26-11-13-27(14-12-26)33(31,32)20-10-9-18-5-1-2-6-19(18)15-20/h3-4,7-10,15H,1-2,5-6,11-14,16-17H2,(H,25,29). The molecular formula is C24H28N4O4S. The summed E-state index contributed by atoms with van der Waals surface area (Å²) in [5.41, 5.74) is 3.73. The molecule has 3 aliphatic rings. The predicted molar refractivity (Wildman–Crippen MR) is 126 cm³/mol. The average molecular weight is 469 g/mol. The quantitative estimate of drug-likeness (QED) is 0.740. The lowest BCUT2D eigenvalue weighted by Crippen LogP contribution is -2.52. The number of benzene rings is 2. The first kappa shape index (κ1) is 22.1. The van der Waals surface area contributed by atoms with Crippen molar-refractivity contribution in [1.82, 2.24) is 9.21 Å². The zero-order valence-electron chi connectivity index (χ0n) is 18.5. The van der Waals surface area contributed by atoms with E-state index in [1.54, 1.807) is 12.1 Å². The van der Waals surface area contributed by atoms with E-state index in [2.05, 4.69) is 5.32 Å². The maximum absolute atomic E-state index is 13.2.